The number of amides is 1. The first-order valence-electron chi connectivity index (χ1n) is 12.2. The Morgan fingerprint density at radius 2 is 2.00 bits per heavy atom. The molecule has 3 aromatic carbocycles. The van der Waals surface area contributed by atoms with Crippen LogP contribution in [0.1, 0.15) is 18.4 Å². The molecule has 8 nitrogen and oxygen atoms in total. The Balaban J connectivity index is 1.51. The molecule has 4 aromatic rings. The van der Waals surface area contributed by atoms with Crippen molar-refractivity contribution in [1.29, 1.82) is 5.26 Å². The molecule has 36 heavy (non-hydrogen) atoms. The molecule has 3 heterocycles. The van der Waals surface area contributed by atoms with E-state index in [0.29, 0.717) is 26.2 Å². The lowest BCUT2D eigenvalue weighted by Gasteiger charge is -2.40. The van der Waals surface area contributed by atoms with E-state index in [0.717, 1.165) is 52.0 Å². The molecule has 1 aromatic heterocycles. The van der Waals surface area contributed by atoms with Crippen LogP contribution >= 0.6 is 0 Å². The predicted molar refractivity (Wildman–Crippen MR) is 137 cm³/mol. The lowest BCUT2D eigenvalue weighted by Crippen LogP contribution is -2.55. The summed E-state index contributed by atoms with van der Waals surface area (Å²) in [6, 6.07) is 18.6. The number of piperazine rings is 1. The molecule has 1 saturated heterocycles. The van der Waals surface area contributed by atoms with E-state index < -0.39 is 12.1 Å². The maximum absolute atomic E-state index is 11.7. The van der Waals surface area contributed by atoms with Crippen molar-refractivity contribution in [3.63, 3.8) is 0 Å². The number of carbonyl (C=O) groups is 1. The van der Waals surface area contributed by atoms with Gasteiger partial charge in [0.2, 0.25) is 0 Å². The quantitative estimate of drug-likeness (QED) is 0.448. The highest BCUT2D eigenvalue weighted by Crippen LogP contribution is 2.44. The van der Waals surface area contributed by atoms with Crippen molar-refractivity contribution in [2.24, 2.45) is 0 Å². The van der Waals surface area contributed by atoms with E-state index in [9.17, 15) is 15.2 Å². The summed E-state index contributed by atoms with van der Waals surface area (Å²) in [6.07, 6.45) is 2.51. The van der Waals surface area contributed by atoms with Gasteiger partial charge in [-0.3, -0.25) is 0 Å². The van der Waals surface area contributed by atoms with Gasteiger partial charge in [-0.15, -0.1) is 0 Å². The van der Waals surface area contributed by atoms with E-state index in [1.807, 2.05) is 6.07 Å². The zero-order valence-electron chi connectivity index (χ0n) is 19.7. The van der Waals surface area contributed by atoms with Crippen molar-refractivity contribution < 1.29 is 14.6 Å². The second-order valence-electron chi connectivity index (χ2n) is 9.24. The number of hydrogen-bond acceptors (Lipinski definition) is 6. The third-order valence-corrected chi connectivity index (χ3v) is 7.22. The molecule has 0 aliphatic carbocycles. The van der Waals surface area contributed by atoms with Gasteiger partial charge in [-0.2, -0.15) is 5.26 Å². The minimum atomic E-state index is -0.997. The third kappa shape index (κ3) is 3.64. The molecule has 0 saturated carbocycles. The molecule has 1 amide bonds. The Kier molecular flexibility index (Phi) is 5.53. The zero-order chi connectivity index (χ0) is 24.6. The van der Waals surface area contributed by atoms with Crippen LogP contribution in [0.3, 0.4) is 0 Å². The molecule has 6 rings (SSSR count). The van der Waals surface area contributed by atoms with E-state index in [1.54, 1.807) is 6.33 Å². The van der Waals surface area contributed by atoms with Crippen LogP contribution in [0.5, 0.6) is 5.75 Å². The van der Waals surface area contributed by atoms with E-state index >= 15 is 0 Å². The van der Waals surface area contributed by atoms with Gasteiger partial charge >= 0.3 is 6.09 Å². The Morgan fingerprint density at radius 1 is 1.14 bits per heavy atom. The Morgan fingerprint density at radius 3 is 2.86 bits per heavy atom. The van der Waals surface area contributed by atoms with Gasteiger partial charge in [-0.1, -0.05) is 42.5 Å². The van der Waals surface area contributed by atoms with Crippen molar-refractivity contribution >= 4 is 33.6 Å². The smallest absolute Gasteiger partial charge is 0.407 e. The van der Waals surface area contributed by atoms with Gasteiger partial charge < -0.3 is 19.6 Å². The average Bonchev–Trinajstić information content (AvgIpc) is 2.92. The first-order valence-corrected chi connectivity index (χ1v) is 12.2. The number of aromatic nitrogens is 2. The number of anilines is 1. The first-order chi connectivity index (χ1) is 17.7. The van der Waals surface area contributed by atoms with Crippen molar-refractivity contribution in [1.82, 2.24) is 14.9 Å². The summed E-state index contributed by atoms with van der Waals surface area (Å²) in [7, 11) is 0. The normalized spacial score (nSPS) is 17.5. The number of rotatable bonds is 3. The van der Waals surface area contributed by atoms with E-state index in [4.69, 9.17) is 4.74 Å². The predicted octanol–water partition coefficient (Wildman–Crippen LogP) is 4.86. The largest absolute Gasteiger partial charge is 0.492 e. The van der Waals surface area contributed by atoms with Gasteiger partial charge in [0.1, 0.15) is 17.9 Å². The number of carboxylic acid groups (broad SMARTS) is 1. The van der Waals surface area contributed by atoms with Gasteiger partial charge in [-0.05, 0) is 40.8 Å². The summed E-state index contributed by atoms with van der Waals surface area (Å²) in [5.41, 5.74) is 4.22. The molecule has 0 bridgehead atoms. The molecule has 0 spiro atoms. The Bertz CT molecular complexity index is 1520. The molecule has 1 N–H and O–H groups in total. The van der Waals surface area contributed by atoms with Crippen LogP contribution in [0.2, 0.25) is 0 Å². The van der Waals surface area contributed by atoms with Gasteiger partial charge in [-0.25, -0.2) is 14.8 Å². The van der Waals surface area contributed by atoms with Crippen LogP contribution < -0.4 is 9.64 Å². The fraction of sp³-hybridized carbons (Fsp3) is 0.286. The van der Waals surface area contributed by atoms with Gasteiger partial charge in [0.15, 0.2) is 0 Å². The van der Waals surface area contributed by atoms with Crippen LogP contribution in [-0.4, -0.2) is 58.4 Å². The Hall–Kier alpha value is -4.38. The van der Waals surface area contributed by atoms with Crippen molar-refractivity contribution in [2.45, 2.75) is 25.3 Å². The van der Waals surface area contributed by atoms with Crippen molar-refractivity contribution in [2.75, 3.05) is 31.1 Å². The highest BCUT2D eigenvalue weighted by atomic mass is 16.5. The highest BCUT2D eigenvalue weighted by molar-refractivity contribution is 6.04. The van der Waals surface area contributed by atoms with Crippen LogP contribution in [0.25, 0.3) is 32.8 Å². The van der Waals surface area contributed by atoms with Crippen LogP contribution in [-0.2, 0) is 6.42 Å². The summed E-state index contributed by atoms with van der Waals surface area (Å²) in [6.45, 7) is 1.82. The fourth-order valence-corrected chi connectivity index (χ4v) is 5.56. The standard InChI is InChI=1S/C28H25N5O3/c29-11-10-19-16-32(12-13-33(19)28(34)35)27-25-24(30-17-31-27)15-23(22-9-4-14-36-26(22)25)21-8-3-6-18-5-1-2-7-20(18)21/h1-3,5-8,15,17,19H,4,9-10,12-14,16H2,(H,34,35)/t19-/m0/s1. The lowest BCUT2D eigenvalue weighted by molar-refractivity contribution is 0.119. The summed E-state index contributed by atoms with van der Waals surface area (Å²) >= 11 is 0. The summed E-state index contributed by atoms with van der Waals surface area (Å²) in [5.74, 6) is 1.55. The summed E-state index contributed by atoms with van der Waals surface area (Å²) in [5, 5.41) is 22.1. The molecule has 1 atom stereocenters. The number of benzene rings is 3. The molecule has 180 valence electrons. The van der Waals surface area contributed by atoms with Crippen LogP contribution in [0.15, 0.2) is 54.9 Å². The first kappa shape index (κ1) is 22.1. The molecule has 0 radical (unpaired) electrons. The zero-order valence-corrected chi connectivity index (χ0v) is 19.7. The van der Waals surface area contributed by atoms with Crippen molar-refractivity contribution in [3.8, 4) is 22.9 Å². The number of nitrogens with zero attached hydrogens (tertiary/aromatic N) is 5. The third-order valence-electron chi connectivity index (χ3n) is 7.22. The van der Waals surface area contributed by atoms with E-state index in [1.165, 1.54) is 15.7 Å². The highest BCUT2D eigenvalue weighted by Gasteiger charge is 2.33. The SMILES string of the molecule is N#CC[C@H]1CN(c2ncnc3cc(-c4cccc5ccccc45)c4c(c23)OCCC4)CCN1C(=O)O. The number of hydrogen-bond donors (Lipinski definition) is 1. The second-order valence-corrected chi connectivity index (χ2v) is 9.24. The topological polar surface area (TPSA) is 103 Å². The maximum Gasteiger partial charge on any atom is 0.407 e. The second kappa shape index (κ2) is 9.00. The minimum absolute atomic E-state index is 0.131. The van der Waals surface area contributed by atoms with Crippen LogP contribution in [0, 0.1) is 11.3 Å². The molecular formula is C28H25N5O3. The van der Waals surface area contributed by atoms with E-state index in [-0.39, 0.29) is 6.42 Å². The molecule has 1 fully saturated rings. The maximum atomic E-state index is 11.7. The monoisotopic (exact) mass is 479 g/mol. The molecule has 2 aliphatic rings. The number of ether oxygens (including phenoxy) is 1. The van der Waals surface area contributed by atoms with Gasteiger partial charge in [0.25, 0.3) is 0 Å². The minimum Gasteiger partial charge on any atom is -0.492 e. The summed E-state index contributed by atoms with van der Waals surface area (Å²) in [4.78, 5) is 24.4. The molecule has 2 aliphatic heterocycles. The van der Waals surface area contributed by atoms with Crippen molar-refractivity contribution in [3.05, 3.63) is 60.4 Å². The molecule has 0 unspecified atom stereocenters. The average molecular weight is 480 g/mol. The molecular weight excluding hydrogens is 454 g/mol. The number of nitriles is 1. The number of fused-ring (bicyclic) bond motifs is 4. The molecule has 8 heteroatoms. The van der Waals surface area contributed by atoms with Gasteiger partial charge in [0.05, 0.1) is 36.0 Å². The summed E-state index contributed by atoms with van der Waals surface area (Å²) < 4.78 is 6.31. The Labute approximate surface area is 208 Å². The van der Waals surface area contributed by atoms with Gasteiger partial charge in [0, 0.05) is 25.2 Å². The lowest BCUT2D eigenvalue weighted by atomic mass is 9.89. The fourth-order valence-electron chi connectivity index (χ4n) is 5.56. The van der Waals surface area contributed by atoms with Crippen LogP contribution in [0.4, 0.5) is 10.6 Å². The van der Waals surface area contributed by atoms with E-state index in [2.05, 4.69) is 63.4 Å².